The van der Waals surface area contributed by atoms with Gasteiger partial charge in [0.05, 0.1) is 11.7 Å². The van der Waals surface area contributed by atoms with E-state index >= 15 is 0 Å². The highest BCUT2D eigenvalue weighted by Gasteiger charge is 2.40. The second-order valence-electron chi connectivity index (χ2n) is 4.27. The minimum atomic E-state index is -3.90. The fraction of sp³-hybridized carbons (Fsp3) is 0.800. The molecule has 1 atom stereocenters. The van der Waals surface area contributed by atoms with Gasteiger partial charge in [-0.15, -0.1) is 0 Å². The van der Waals surface area contributed by atoms with Gasteiger partial charge in [-0.3, -0.25) is 9.59 Å². The van der Waals surface area contributed by atoms with Gasteiger partial charge >= 0.3 is 11.9 Å². The quantitative estimate of drug-likeness (QED) is 0.755. The second-order valence-corrected chi connectivity index (χ2v) is 6.69. The van der Waals surface area contributed by atoms with Crippen molar-refractivity contribution in [2.45, 2.75) is 49.0 Å². The maximum absolute atomic E-state index is 12.0. The SMILES string of the molecule is O=C(O)CC(C(=O)O)S(=O)(=O)C1CCCCC1. The van der Waals surface area contributed by atoms with Crippen molar-refractivity contribution in [3.63, 3.8) is 0 Å². The Morgan fingerprint density at radius 1 is 1.12 bits per heavy atom. The molecule has 0 aromatic heterocycles. The molecule has 1 saturated carbocycles. The zero-order valence-corrected chi connectivity index (χ0v) is 10.1. The highest BCUT2D eigenvalue weighted by atomic mass is 32.2. The lowest BCUT2D eigenvalue weighted by molar-refractivity contribution is -0.143. The molecule has 17 heavy (non-hydrogen) atoms. The van der Waals surface area contributed by atoms with Crippen molar-refractivity contribution < 1.29 is 28.2 Å². The van der Waals surface area contributed by atoms with Crippen LogP contribution in [0.5, 0.6) is 0 Å². The Bertz CT molecular complexity index is 393. The van der Waals surface area contributed by atoms with Crippen LogP contribution < -0.4 is 0 Å². The van der Waals surface area contributed by atoms with E-state index in [1.807, 2.05) is 0 Å². The highest BCUT2D eigenvalue weighted by Crippen LogP contribution is 2.27. The minimum absolute atomic E-state index is 0.436. The maximum Gasteiger partial charge on any atom is 0.322 e. The van der Waals surface area contributed by atoms with Crippen molar-refractivity contribution in [3.05, 3.63) is 0 Å². The molecule has 0 heterocycles. The summed E-state index contributed by atoms with van der Waals surface area (Å²) in [7, 11) is -3.90. The van der Waals surface area contributed by atoms with Crippen LogP contribution in [0.25, 0.3) is 0 Å². The molecule has 0 aliphatic heterocycles. The van der Waals surface area contributed by atoms with E-state index in [-0.39, 0.29) is 0 Å². The lowest BCUT2D eigenvalue weighted by atomic mass is 10.0. The van der Waals surface area contributed by atoms with Crippen molar-refractivity contribution in [1.29, 1.82) is 0 Å². The first-order valence-electron chi connectivity index (χ1n) is 5.53. The predicted octanol–water partition coefficient (Wildman–Crippen LogP) is 0.662. The van der Waals surface area contributed by atoms with Crippen molar-refractivity contribution in [1.82, 2.24) is 0 Å². The summed E-state index contributed by atoms with van der Waals surface area (Å²) in [6, 6.07) is 0. The van der Waals surface area contributed by atoms with E-state index in [4.69, 9.17) is 10.2 Å². The first-order chi connectivity index (χ1) is 7.85. The van der Waals surface area contributed by atoms with Gasteiger partial charge in [0.25, 0.3) is 0 Å². The monoisotopic (exact) mass is 264 g/mol. The van der Waals surface area contributed by atoms with Gasteiger partial charge in [-0.1, -0.05) is 19.3 Å². The van der Waals surface area contributed by atoms with E-state index in [2.05, 4.69) is 0 Å². The average molecular weight is 264 g/mol. The Hall–Kier alpha value is -1.11. The van der Waals surface area contributed by atoms with Crippen molar-refractivity contribution >= 4 is 21.8 Å². The predicted molar refractivity (Wildman–Crippen MR) is 59.5 cm³/mol. The van der Waals surface area contributed by atoms with Gasteiger partial charge < -0.3 is 10.2 Å². The third kappa shape index (κ3) is 3.42. The number of hydrogen-bond donors (Lipinski definition) is 2. The first-order valence-corrected chi connectivity index (χ1v) is 7.14. The van der Waals surface area contributed by atoms with Crippen molar-refractivity contribution in [2.75, 3.05) is 0 Å². The fourth-order valence-electron chi connectivity index (χ4n) is 2.13. The van der Waals surface area contributed by atoms with E-state index in [1.54, 1.807) is 0 Å². The number of carbonyl (C=O) groups is 2. The molecule has 1 fully saturated rings. The van der Waals surface area contributed by atoms with Gasteiger partial charge in [-0.05, 0) is 12.8 Å². The third-order valence-corrected chi connectivity index (χ3v) is 5.61. The van der Waals surface area contributed by atoms with Crippen LogP contribution in [0.2, 0.25) is 0 Å². The van der Waals surface area contributed by atoms with Crippen LogP contribution in [0.4, 0.5) is 0 Å². The molecule has 7 heteroatoms. The third-order valence-electron chi connectivity index (χ3n) is 3.05. The largest absolute Gasteiger partial charge is 0.481 e. The van der Waals surface area contributed by atoms with E-state index in [9.17, 15) is 18.0 Å². The van der Waals surface area contributed by atoms with E-state index in [0.29, 0.717) is 12.8 Å². The topological polar surface area (TPSA) is 109 Å². The Kier molecular flexibility index (Phi) is 4.50. The standard InChI is InChI=1S/C10H16O6S/c11-9(12)6-8(10(13)14)17(15,16)7-4-2-1-3-5-7/h7-8H,1-6H2,(H,11,12)(H,13,14). The zero-order chi connectivity index (χ0) is 13.1. The number of aliphatic carboxylic acids is 2. The smallest absolute Gasteiger partial charge is 0.322 e. The molecule has 0 radical (unpaired) electrons. The summed E-state index contributed by atoms with van der Waals surface area (Å²) in [5.74, 6) is -2.98. The number of rotatable bonds is 5. The zero-order valence-electron chi connectivity index (χ0n) is 9.33. The molecule has 1 rings (SSSR count). The van der Waals surface area contributed by atoms with Crippen LogP contribution in [-0.2, 0) is 19.4 Å². The summed E-state index contributed by atoms with van der Waals surface area (Å²) in [5.41, 5.74) is 0. The van der Waals surface area contributed by atoms with Crippen LogP contribution in [0.15, 0.2) is 0 Å². The van der Waals surface area contributed by atoms with Gasteiger partial charge in [-0.2, -0.15) is 0 Å². The Morgan fingerprint density at radius 2 is 1.65 bits per heavy atom. The molecule has 1 aliphatic rings. The summed E-state index contributed by atoms with van der Waals surface area (Å²) in [6.45, 7) is 0. The van der Waals surface area contributed by atoms with Gasteiger partial charge in [0, 0.05) is 0 Å². The summed E-state index contributed by atoms with van der Waals surface area (Å²) in [5, 5.41) is 14.9. The maximum atomic E-state index is 12.0. The van der Waals surface area contributed by atoms with Crippen LogP contribution >= 0.6 is 0 Å². The summed E-state index contributed by atoms with van der Waals surface area (Å²) >= 11 is 0. The fourth-order valence-corrected chi connectivity index (χ4v) is 4.24. The molecule has 0 amide bonds. The molecule has 0 saturated heterocycles. The highest BCUT2D eigenvalue weighted by molar-refractivity contribution is 7.93. The molecule has 0 aromatic carbocycles. The molecule has 6 nitrogen and oxygen atoms in total. The lowest BCUT2D eigenvalue weighted by Gasteiger charge is -2.24. The van der Waals surface area contributed by atoms with Crippen LogP contribution in [0.1, 0.15) is 38.5 Å². The molecule has 98 valence electrons. The van der Waals surface area contributed by atoms with E-state index in [0.717, 1.165) is 19.3 Å². The number of sulfone groups is 1. The van der Waals surface area contributed by atoms with Crippen molar-refractivity contribution in [3.8, 4) is 0 Å². The second kappa shape index (κ2) is 5.48. The summed E-state index contributed by atoms with van der Waals surface area (Å²) in [6.07, 6.45) is 2.46. The Morgan fingerprint density at radius 3 is 2.06 bits per heavy atom. The summed E-state index contributed by atoms with van der Waals surface area (Å²) < 4.78 is 24.0. The first kappa shape index (κ1) is 14.0. The molecule has 0 aromatic rings. The molecule has 0 spiro atoms. The lowest BCUT2D eigenvalue weighted by Crippen LogP contribution is -2.40. The van der Waals surface area contributed by atoms with E-state index in [1.165, 1.54) is 0 Å². The normalized spacial score (nSPS) is 19.8. The van der Waals surface area contributed by atoms with Crippen LogP contribution in [0, 0.1) is 0 Å². The molecule has 1 aliphatic carbocycles. The van der Waals surface area contributed by atoms with Gasteiger partial charge in [0.2, 0.25) is 0 Å². The number of carboxylic acids is 2. The summed E-state index contributed by atoms with van der Waals surface area (Å²) in [4.78, 5) is 21.4. The van der Waals surface area contributed by atoms with Gasteiger partial charge in [0.1, 0.15) is 0 Å². The Balaban J connectivity index is 2.90. The number of hydrogen-bond acceptors (Lipinski definition) is 4. The Labute approximate surface area is 99.6 Å². The molecular formula is C10H16O6S. The average Bonchev–Trinajstić information content (AvgIpc) is 2.26. The van der Waals surface area contributed by atoms with Crippen molar-refractivity contribution in [2.24, 2.45) is 0 Å². The van der Waals surface area contributed by atoms with Gasteiger partial charge in [0.15, 0.2) is 15.1 Å². The van der Waals surface area contributed by atoms with E-state index < -0.39 is 38.7 Å². The van der Waals surface area contributed by atoms with Gasteiger partial charge in [-0.25, -0.2) is 8.42 Å². The number of carboxylic acid groups (broad SMARTS) is 2. The van der Waals surface area contributed by atoms with Crippen LogP contribution in [-0.4, -0.2) is 41.1 Å². The molecule has 0 bridgehead atoms. The molecule has 2 N–H and O–H groups in total. The minimum Gasteiger partial charge on any atom is -0.481 e. The molecule has 1 unspecified atom stereocenters. The van der Waals surface area contributed by atoms with Crippen LogP contribution in [0.3, 0.4) is 0 Å². The molecular weight excluding hydrogens is 248 g/mol.